The second-order valence-electron chi connectivity index (χ2n) is 5.52. The summed E-state index contributed by atoms with van der Waals surface area (Å²) in [6, 6.07) is 19.1. The van der Waals surface area contributed by atoms with E-state index < -0.39 is 0 Å². The lowest BCUT2D eigenvalue weighted by Crippen LogP contribution is -2.03. The third-order valence-electron chi connectivity index (χ3n) is 3.79. The molecule has 0 saturated carbocycles. The normalized spacial score (nSPS) is 11.1. The van der Waals surface area contributed by atoms with Gasteiger partial charge in [0.25, 0.3) is 0 Å². The first-order chi connectivity index (χ1) is 12.7. The first-order valence-electron chi connectivity index (χ1n) is 8.13. The minimum Gasteiger partial charge on any atom is -0.497 e. The third kappa shape index (κ3) is 4.16. The van der Waals surface area contributed by atoms with Crippen molar-refractivity contribution in [3.8, 4) is 23.0 Å². The van der Waals surface area contributed by atoms with Crippen molar-refractivity contribution in [3.05, 3.63) is 66.2 Å². The average Bonchev–Trinajstić information content (AvgIpc) is 2.72. The Labute approximate surface area is 152 Å². The van der Waals surface area contributed by atoms with E-state index in [1.54, 1.807) is 20.3 Å². The van der Waals surface area contributed by atoms with Gasteiger partial charge in [0.1, 0.15) is 5.75 Å². The van der Waals surface area contributed by atoms with E-state index in [4.69, 9.17) is 9.47 Å². The van der Waals surface area contributed by atoms with Crippen LogP contribution in [0, 0.1) is 0 Å². The number of rotatable bonds is 6. The molecule has 0 saturated heterocycles. The highest BCUT2D eigenvalue weighted by molar-refractivity contribution is 5.99. The maximum Gasteiger partial charge on any atom is 0.218 e. The number of anilines is 1. The lowest BCUT2D eigenvalue weighted by molar-refractivity contribution is 0.398. The van der Waals surface area contributed by atoms with Crippen LogP contribution < -0.4 is 14.9 Å². The van der Waals surface area contributed by atoms with E-state index in [9.17, 15) is 0 Å². The fourth-order valence-corrected chi connectivity index (χ4v) is 2.34. The highest BCUT2D eigenvalue weighted by atomic mass is 16.5. The third-order valence-corrected chi connectivity index (χ3v) is 3.79. The summed E-state index contributed by atoms with van der Waals surface area (Å²) >= 11 is 0. The summed E-state index contributed by atoms with van der Waals surface area (Å²) in [6.45, 7) is 1.92. The van der Waals surface area contributed by atoms with Gasteiger partial charge in [0.2, 0.25) is 5.88 Å². The average molecular weight is 348 g/mol. The van der Waals surface area contributed by atoms with E-state index in [0.29, 0.717) is 17.5 Å². The molecule has 2 aromatic carbocycles. The van der Waals surface area contributed by atoms with Crippen LogP contribution in [-0.4, -0.2) is 29.9 Å². The SMILES string of the molecule is COc1ccc(/C(C)=N\Nc2cc(OC)nc(-c3ccccc3)n2)cc1. The van der Waals surface area contributed by atoms with Crippen molar-refractivity contribution >= 4 is 11.5 Å². The largest absolute Gasteiger partial charge is 0.497 e. The quantitative estimate of drug-likeness (QED) is 0.539. The Kier molecular flexibility index (Phi) is 5.43. The summed E-state index contributed by atoms with van der Waals surface area (Å²) in [5.74, 6) is 2.41. The zero-order valence-corrected chi connectivity index (χ0v) is 14.9. The number of methoxy groups -OCH3 is 2. The van der Waals surface area contributed by atoms with Crippen molar-refractivity contribution in [3.63, 3.8) is 0 Å². The molecule has 0 radical (unpaired) electrons. The van der Waals surface area contributed by atoms with Gasteiger partial charge in [-0.1, -0.05) is 30.3 Å². The molecule has 3 rings (SSSR count). The summed E-state index contributed by atoms with van der Waals surface area (Å²) < 4.78 is 10.5. The van der Waals surface area contributed by atoms with Crippen LogP contribution in [0.25, 0.3) is 11.4 Å². The molecule has 0 spiro atoms. The van der Waals surface area contributed by atoms with Crippen LogP contribution in [0.4, 0.5) is 5.82 Å². The van der Waals surface area contributed by atoms with Gasteiger partial charge < -0.3 is 9.47 Å². The Morgan fingerprint density at radius 3 is 2.31 bits per heavy atom. The van der Waals surface area contributed by atoms with Gasteiger partial charge in [0.15, 0.2) is 11.6 Å². The van der Waals surface area contributed by atoms with Crippen LogP contribution in [0.2, 0.25) is 0 Å². The summed E-state index contributed by atoms with van der Waals surface area (Å²) in [6.07, 6.45) is 0. The molecule has 3 aromatic rings. The number of nitrogens with one attached hydrogen (secondary N) is 1. The molecular weight excluding hydrogens is 328 g/mol. The zero-order chi connectivity index (χ0) is 18.4. The Morgan fingerprint density at radius 1 is 0.923 bits per heavy atom. The lowest BCUT2D eigenvalue weighted by atomic mass is 10.1. The van der Waals surface area contributed by atoms with E-state index in [-0.39, 0.29) is 0 Å². The van der Waals surface area contributed by atoms with Crippen molar-refractivity contribution < 1.29 is 9.47 Å². The molecule has 1 N–H and O–H groups in total. The van der Waals surface area contributed by atoms with Gasteiger partial charge in [-0.15, -0.1) is 0 Å². The van der Waals surface area contributed by atoms with Crippen molar-refractivity contribution in [2.24, 2.45) is 5.10 Å². The smallest absolute Gasteiger partial charge is 0.218 e. The molecule has 0 bridgehead atoms. The van der Waals surface area contributed by atoms with E-state index in [1.807, 2.05) is 61.5 Å². The number of hydrogen-bond acceptors (Lipinski definition) is 6. The molecule has 0 aliphatic carbocycles. The Morgan fingerprint density at radius 2 is 1.65 bits per heavy atom. The molecule has 1 heterocycles. The second-order valence-corrected chi connectivity index (χ2v) is 5.52. The van der Waals surface area contributed by atoms with Gasteiger partial charge in [0, 0.05) is 11.6 Å². The molecule has 6 heteroatoms. The highest BCUT2D eigenvalue weighted by Gasteiger charge is 2.07. The first-order valence-corrected chi connectivity index (χ1v) is 8.13. The number of ether oxygens (including phenoxy) is 2. The minimum absolute atomic E-state index is 0.471. The molecule has 0 atom stereocenters. The summed E-state index contributed by atoms with van der Waals surface area (Å²) in [4.78, 5) is 8.91. The second kappa shape index (κ2) is 8.11. The predicted molar refractivity (Wildman–Crippen MR) is 103 cm³/mol. The first kappa shape index (κ1) is 17.4. The highest BCUT2D eigenvalue weighted by Crippen LogP contribution is 2.21. The lowest BCUT2D eigenvalue weighted by Gasteiger charge is -2.08. The van der Waals surface area contributed by atoms with Gasteiger partial charge in [-0.2, -0.15) is 10.1 Å². The molecule has 0 unspecified atom stereocenters. The van der Waals surface area contributed by atoms with Crippen LogP contribution in [0.1, 0.15) is 12.5 Å². The van der Waals surface area contributed by atoms with E-state index >= 15 is 0 Å². The molecule has 0 amide bonds. The molecule has 0 aliphatic heterocycles. The summed E-state index contributed by atoms with van der Waals surface area (Å²) in [5, 5.41) is 4.41. The summed E-state index contributed by atoms with van der Waals surface area (Å²) in [5.41, 5.74) is 5.70. The molecule has 0 fully saturated rings. The van der Waals surface area contributed by atoms with Crippen molar-refractivity contribution in [1.29, 1.82) is 0 Å². The topological polar surface area (TPSA) is 68.6 Å². The van der Waals surface area contributed by atoms with Crippen molar-refractivity contribution in [2.45, 2.75) is 6.92 Å². The Hall–Kier alpha value is -3.41. The molecule has 0 aliphatic rings. The maximum atomic E-state index is 5.28. The number of hydrogen-bond donors (Lipinski definition) is 1. The predicted octanol–water partition coefficient (Wildman–Crippen LogP) is 4.00. The zero-order valence-electron chi connectivity index (χ0n) is 14.9. The Balaban J connectivity index is 1.84. The van der Waals surface area contributed by atoms with Crippen LogP contribution in [-0.2, 0) is 0 Å². The number of benzene rings is 2. The van der Waals surface area contributed by atoms with E-state index in [2.05, 4.69) is 20.5 Å². The molecule has 6 nitrogen and oxygen atoms in total. The van der Waals surface area contributed by atoms with Gasteiger partial charge in [-0.05, 0) is 36.8 Å². The van der Waals surface area contributed by atoms with Gasteiger partial charge in [-0.3, -0.25) is 5.43 Å². The van der Waals surface area contributed by atoms with E-state index in [1.165, 1.54) is 0 Å². The fraction of sp³-hybridized carbons (Fsp3) is 0.150. The molecule has 26 heavy (non-hydrogen) atoms. The van der Waals surface area contributed by atoms with Crippen molar-refractivity contribution in [2.75, 3.05) is 19.6 Å². The van der Waals surface area contributed by atoms with E-state index in [0.717, 1.165) is 22.6 Å². The number of nitrogens with zero attached hydrogens (tertiary/aromatic N) is 3. The Bertz CT molecular complexity index is 893. The number of aromatic nitrogens is 2. The summed E-state index contributed by atoms with van der Waals surface area (Å²) in [7, 11) is 3.22. The van der Waals surface area contributed by atoms with Crippen LogP contribution in [0.3, 0.4) is 0 Å². The monoisotopic (exact) mass is 348 g/mol. The number of hydrazone groups is 1. The van der Waals surface area contributed by atoms with Crippen LogP contribution in [0.5, 0.6) is 11.6 Å². The van der Waals surface area contributed by atoms with Crippen LogP contribution in [0.15, 0.2) is 65.8 Å². The maximum absolute atomic E-state index is 5.28. The molecule has 132 valence electrons. The van der Waals surface area contributed by atoms with Crippen LogP contribution >= 0.6 is 0 Å². The van der Waals surface area contributed by atoms with Crippen molar-refractivity contribution in [1.82, 2.24) is 9.97 Å². The van der Waals surface area contributed by atoms with Gasteiger partial charge in [0.05, 0.1) is 19.9 Å². The molecular formula is C20H20N4O2. The minimum atomic E-state index is 0.471. The van der Waals surface area contributed by atoms with Gasteiger partial charge in [-0.25, -0.2) is 4.98 Å². The fourth-order valence-electron chi connectivity index (χ4n) is 2.34. The molecule has 1 aromatic heterocycles. The van der Waals surface area contributed by atoms with Gasteiger partial charge >= 0.3 is 0 Å². The standard InChI is InChI=1S/C20H20N4O2/c1-14(15-9-11-17(25-2)12-10-15)23-24-18-13-19(26-3)22-20(21-18)16-7-5-4-6-8-16/h4-13H,1-3H3,(H,21,22,24)/b23-14-.